The van der Waals surface area contributed by atoms with Crippen LogP contribution in [0.15, 0.2) is 24.3 Å². The molecular weight excluding hydrogens is 235 g/mol. The molecule has 0 aliphatic rings. The minimum atomic E-state index is -0.559. The van der Waals surface area contributed by atoms with Gasteiger partial charge in [0.1, 0.15) is 5.75 Å². The maximum Gasteiger partial charge on any atom is 0.187 e. The van der Waals surface area contributed by atoms with Crippen LogP contribution >= 0.6 is 0 Å². The SMILES string of the molecule is COc1ccccc1-c1nc(C)c(F)c(NN)n1. The smallest absolute Gasteiger partial charge is 0.187 e. The molecule has 1 aromatic heterocycles. The molecule has 0 fully saturated rings. The van der Waals surface area contributed by atoms with Gasteiger partial charge in [-0.05, 0) is 19.1 Å². The Bertz CT molecular complexity index is 574. The highest BCUT2D eigenvalue weighted by molar-refractivity contribution is 5.65. The van der Waals surface area contributed by atoms with Gasteiger partial charge in [-0.25, -0.2) is 20.2 Å². The maximum absolute atomic E-state index is 13.6. The second kappa shape index (κ2) is 4.97. The zero-order valence-electron chi connectivity index (χ0n) is 10.1. The highest BCUT2D eigenvalue weighted by Crippen LogP contribution is 2.28. The van der Waals surface area contributed by atoms with Crippen LogP contribution in [0.3, 0.4) is 0 Å². The number of halogens is 1. The summed E-state index contributed by atoms with van der Waals surface area (Å²) in [7, 11) is 1.55. The second-order valence-corrected chi connectivity index (χ2v) is 3.64. The van der Waals surface area contributed by atoms with E-state index in [1.807, 2.05) is 12.1 Å². The molecule has 0 unspecified atom stereocenters. The molecule has 0 bridgehead atoms. The lowest BCUT2D eigenvalue weighted by Crippen LogP contribution is -2.13. The van der Waals surface area contributed by atoms with Crippen LogP contribution in [0.4, 0.5) is 10.2 Å². The summed E-state index contributed by atoms with van der Waals surface area (Å²) in [6.45, 7) is 1.55. The van der Waals surface area contributed by atoms with E-state index >= 15 is 0 Å². The van der Waals surface area contributed by atoms with E-state index in [0.29, 0.717) is 17.1 Å². The van der Waals surface area contributed by atoms with Crippen LogP contribution in [0.25, 0.3) is 11.4 Å². The molecule has 3 N–H and O–H groups in total. The molecule has 0 amide bonds. The number of aromatic nitrogens is 2. The van der Waals surface area contributed by atoms with E-state index in [4.69, 9.17) is 10.6 Å². The van der Waals surface area contributed by atoms with Crippen molar-refractivity contribution in [2.24, 2.45) is 5.84 Å². The Hall–Kier alpha value is -2.21. The van der Waals surface area contributed by atoms with Crippen LogP contribution in [0.5, 0.6) is 5.75 Å². The highest BCUT2D eigenvalue weighted by atomic mass is 19.1. The third kappa shape index (κ3) is 2.10. The number of hydrogen-bond acceptors (Lipinski definition) is 5. The third-order valence-corrected chi connectivity index (χ3v) is 2.50. The van der Waals surface area contributed by atoms with Gasteiger partial charge in [-0.3, -0.25) is 0 Å². The van der Waals surface area contributed by atoms with Gasteiger partial charge in [-0.15, -0.1) is 0 Å². The Balaban J connectivity index is 2.61. The molecule has 2 aromatic rings. The predicted octanol–water partition coefficient (Wildman–Crippen LogP) is 1.89. The quantitative estimate of drug-likeness (QED) is 0.641. The normalized spacial score (nSPS) is 10.2. The number of nitrogens with zero attached hydrogens (tertiary/aromatic N) is 2. The van der Waals surface area contributed by atoms with Gasteiger partial charge >= 0.3 is 0 Å². The summed E-state index contributed by atoms with van der Waals surface area (Å²) in [5.41, 5.74) is 3.12. The topological polar surface area (TPSA) is 73.1 Å². The minimum Gasteiger partial charge on any atom is -0.496 e. The molecule has 2 rings (SSSR count). The number of hydrazine groups is 1. The van der Waals surface area contributed by atoms with E-state index in [2.05, 4.69) is 15.4 Å². The fourth-order valence-electron chi connectivity index (χ4n) is 1.60. The first kappa shape index (κ1) is 12.3. The molecular formula is C12H13FN4O. The Morgan fingerprint density at radius 2 is 2.00 bits per heavy atom. The van der Waals surface area contributed by atoms with Gasteiger partial charge in [-0.1, -0.05) is 12.1 Å². The molecule has 1 heterocycles. The van der Waals surface area contributed by atoms with Gasteiger partial charge in [0.15, 0.2) is 17.5 Å². The average Bonchev–Trinajstić information content (AvgIpc) is 2.41. The standard InChI is InChI=1S/C12H13FN4O/c1-7-10(13)12(17-14)16-11(15-7)8-5-3-4-6-9(8)18-2/h3-6H,14H2,1-2H3,(H,15,16,17). The summed E-state index contributed by atoms with van der Waals surface area (Å²) in [5, 5.41) is 0. The summed E-state index contributed by atoms with van der Waals surface area (Å²) >= 11 is 0. The molecule has 0 spiro atoms. The van der Waals surface area contributed by atoms with Crippen molar-refractivity contribution < 1.29 is 9.13 Å². The largest absolute Gasteiger partial charge is 0.496 e. The fraction of sp³-hybridized carbons (Fsp3) is 0.167. The van der Waals surface area contributed by atoms with Crippen LogP contribution < -0.4 is 16.0 Å². The Kier molecular flexibility index (Phi) is 3.38. The fourth-order valence-corrected chi connectivity index (χ4v) is 1.60. The van der Waals surface area contributed by atoms with Crippen LogP contribution in [0, 0.1) is 12.7 Å². The molecule has 1 aromatic carbocycles. The zero-order chi connectivity index (χ0) is 13.1. The van der Waals surface area contributed by atoms with Crippen molar-refractivity contribution in [2.45, 2.75) is 6.92 Å². The molecule has 94 valence electrons. The van der Waals surface area contributed by atoms with Gasteiger partial charge in [0.25, 0.3) is 0 Å². The van der Waals surface area contributed by atoms with Gasteiger partial charge in [0.2, 0.25) is 0 Å². The molecule has 0 saturated heterocycles. The predicted molar refractivity (Wildman–Crippen MR) is 66.5 cm³/mol. The monoisotopic (exact) mass is 248 g/mol. The molecule has 5 nitrogen and oxygen atoms in total. The third-order valence-electron chi connectivity index (χ3n) is 2.50. The van der Waals surface area contributed by atoms with E-state index in [1.54, 1.807) is 26.2 Å². The first-order valence-corrected chi connectivity index (χ1v) is 5.31. The summed E-state index contributed by atoms with van der Waals surface area (Å²) in [5.74, 6) is 5.61. The van der Waals surface area contributed by atoms with Gasteiger partial charge in [-0.2, -0.15) is 0 Å². The summed E-state index contributed by atoms with van der Waals surface area (Å²) in [6.07, 6.45) is 0. The van der Waals surface area contributed by atoms with Crippen molar-refractivity contribution in [1.29, 1.82) is 0 Å². The van der Waals surface area contributed by atoms with Gasteiger partial charge in [0.05, 0.1) is 18.4 Å². The lowest BCUT2D eigenvalue weighted by atomic mass is 10.2. The molecule has 0 aliphatic carbocycles. The van der Waals surface area contributed by atoms with Gasteiger partial charge in [0, 0.05) is 0 Å². The number of hydrogen-bond donors (Lipinski definition) is 2. The Labute approximate surface area is 104 Å². The molecule has 6 heteroatoms. The van der Waals surface area contributed by atoms with Crippen LogP contribution in [-0.2, 0) is 0 Å². The average molecular weight is 248 g/mol. The number of nitrogens with two attached hydrogens (primary N) is 1. The van der Waals surface area contributed by atoms with Crippen molar-refractivity contribution in [3.8, 4) is 17.1 Å². The zero-order valence-corrected chi connectivity index (χ0v) is 10.1. The summed E-state index contributed by atoms with van der Waals surface area (Å²) in [4.78, 5) is 8.13. The molecule has 18 heavy (non-hydrogen) atoms. The highest BCUT2D eigenvalue weighted by Gasteiger charge is 2.14. The number of benzene rings is 1. The molecule has 0 atom stereocenters. The number of aryl methyl sites for hydroxylation is 1. The number of methoxy groups -OCH3 is 1. The molecule has 0 aliphatic heterocycles. The van der Waals surface area contributed by atoms with E-state index in [0.717, 1.165) is 0 Å². The first-order chi connectivity index (χ1) is 8.67. The molecule has 0 saturated carbocycles. The number of para-hydroxylation sites is 1. The Morgan fingerprint density at radius 1 is 1.28 bits per heavy atom. The van der Waals surface area contributed by atoms with Crippen molar-refractivity contribution in [1.82, 2.24) is 9.97 Å². The number of ether oxygens (including phenoxy) is 1. The van der Waals surface area contributed by atoms with Crippen LogP contribution in [-0.4, -0.2) is 17.1 Å². The lowest BCUT2D eigenvalue weighted by Gasteiger charge is -2.10. The maximum atomic E-state index is 13.6. The first-order valence-electron chi connectivity index (χ1n) is 5.31. The second-order valence-electron chi connectivity index (χ2n) is 3.64. The minimum absolute atomic E-state index is 0.0385. The van der Waals surface area contributed by atoms with Crippen molar-refractivity contribution in [3.05, 3.63) is 35.8 Å². The van der Waals surface area contributed by atoms with Crippen molar-refractivity contribution in [2.75, 3.05) is 12.5 Å². The van der Waals surface area contributed by atoms with E-state index in [1.165, 1.54) is 0 Å². The van der Waals surface area contributed by atoms with Crippen molar-refractivity contribution >= 4 is 5.82 Å². The molecule has 0 radical (unpaired) electrons. The van der Waals surface area contributed by atoms with Crippen LogP contribution in [0.1, 0.15) is 5.69 Å². The van der Waals surface area contributed by atoms with Crippen LogP contribution in [0.2, 0.25) is 0 Å². The van der Waals surface area contributed by atoms with E-state index in [9.17, 15) is 4.39 Å². The number of nitrogens with one attached hydrogen (secondary N) is 1. The number of rotatable bonds is 3. The summed E-state index contributed by atoms with van der Waals surface area (Å²) in [6, 6.07) is 7.25. The van der Waals surface area contributed by atoms with Gasteiger partial charge < -0.3 is 10.2 Å². The van der Waals surface area contributed by atoms with Crippen molar-refractivity contribution in [3.63, 3.8) is 0 Å². The Morgan fingerprint density at radius 3 is 2.67 bits per heavy atom. The summed E-state index contributed by atoms with van der Waals surface area (Å²) < 4.78 is 18.8. The number of anilines is 1. The number of nitrogen functional groups attached to an aromatic ring is 1. The lowest BCUT2D eigenvalue weighted by molar-refractivity contribution is 0.416. The van der Waals surface area contributed by atoms with E-state index in [-0.39, 0.29) is 11.5 Å². The van der Waals surface area contributed by atoms with E-state index < -0.39 is 5.82 Å².